The van der Waals surface area contributed by atoms with Gasteiger partial charge in [0, 0.05) is 5.88 Å². The van der Waals surface area contributed by atoms with E-state index in [9.17, 15) is 17.6 Å². The molecule has 0 heterocycles. The van der Waals surface area contributed by atoms with Crippen LogP contribution < -0.4 is 0 Å². The number of rotatable bonds is 2. The zero-order chi connectivity index (χ0) is 14.0. The molecule has 0 aromatic heterocycles. The molecule has 100 valence electrons. The molecule has 0 fully saturated rings. The highest BCUT2D eigenvalue weighted by Gasteiger charge is 2.33. The van der Waals surface area contributed by atoms with Crippen LogP contribution in [0.3, 0.4) is 0 Å². The standard InChI is InChI=1S/C14H9ClF4/c15-8-11-2-1-10(7-13(11)14(17,18)19)9-3-5-12(16)6-4-9/h1-7H,8H2. The lowest BCUT2D eigenvalue weighted by Crippen LogP contribution is -2.08. The van der Waals surface area contributed by atoms with E-state index in [2.05, 4.69) is 0 Å². The van der Waals surface area contributed by atoms with Crippen molar-refractivity contribution in [2.24, 2.45) is 0 Å². The van der Waals surface area contributed by atoms with Crippen molar-refractivity contribution in [2.75, 3.05) is 0 Å². The van der Waals surface area contributed by atoms with Crippen LogP contribution in [-0.2, 0) is 12.1 Å². The van der Waals surface area contributed by atoms with Gasteiger partial charge in [-0.3, -0.25) is 0 Å². The van der Waals surface area contributed by atoms with E-state index in [0.717, 1.165) is 6.07 Å². The maximum Gasteiger partial charge on any atom is 0.416 e. The summed E-state index contributed by atoms with van der Waals surface area (Å²) in [5.41, 5.74) is 0.165. The first-order valence-electron chi connectivity index (χ1n) is 5.44. The van der Waals surface area contributed by atoms with Crippen molar-refractivity contribution >= 4 is 11.6 Å². The Balaban J connectivity index is 2.52. The third kappa shape index (κ3) is 3.07. The first kappa shape index (κ1) is 13.9. The molecule has 5 heteroatoms. The number of hydrogen-bond acceptors (Lipinski definition) is 0. The Bertz CT molecular complexity index is 573. The summed E-state index contributed by atoms with van der Waals surface area (Å²) in [5.74, 6) is -0.643. The van der Waals surface area contributed by atoms with Gasteiger partial charge in [-0.1, -0.05) is 24.3 Å². The van der Waals surface area contributed by atoms with Crippen molar-refractivity contribution in [3.05, 3.63) is 59.4 Å². The van der Waals surface area contributed by atoms with Crippen LogP contribution in [0.5, 0.6) is 0 Å². The number of halogens is 5. The number of hydrogen-bond donors (Lipinski definition) is 0. The summed E-state index contributed by atoms with van der Waals surface area (Å²) < 4.78 is 51.4. The van der Waals surface area contributed by atoms with E-state index in [4.69, 9.17) is 11.6 Å². The molecule has 0 N–H and O–H groups in total. The van der Waals surface area contributed by atoms with Gasteiger partial charge in [0.15, 0.2) is 0 Å². The molecule has 0 saturated heterocycles. The topological polar surface area (TPSA) is 0 Å². The van der Waals surface area contributed by atoms with E-state index in [1.54, 1.807) is 6.07 Å². The highest BCUT2D eigenvalue weighted by atomic mass is 35.5. The number of alkyl halides is 4. The average molecular weight is 289 g/mol. The van der Waals surface area contributed by atoms with Gasteiger partial charge >= 0.3 is 6.18 Å². The molecule has 0 atom stereocenters. The van der Waals surface area contributed by atoms with Crippen LogP contribution in [0.2, 0.25) is 0 Å². The maximum atomic E-state index is 12.9. The van der Waals surface area contributed by atoms with E-state index in [-0.39, 0.29) is 11.4 Å². The van der Waals surface area contributed by atoms with Crippen molar-refractivity contribution in [1.29, 1.82) is 0 Å². The largest absolute Gasteiger partial charge is 0.416 e. The van der Waals surface area contributed by atoms with Crippen LogP contribution in [0, 0.1) is 5.82 Å². The van der Waals surface area contributed by atoms with Crippen molar-refractivity contribution in [3.8, 4) is 11.1 Å². The predicted molar refractivity (Wildman–Crippen MR) is 66.4 cm³/mol. The van der Waals surface area contributed by atoms with Gasteiger partial charge < -0.3 is 0 Å². The Morgan fingerprint density at radius 1 is 0.895 bits per heavy atom. The molecule has 0 radical (unpaired) electrons. The smallest absolute Gasteiger partial charge is 0.207 e. The summed E-state index contributed by atoms with van der Waals surface area (Å²) in [6.45, 7) is 0. The quantitative estimate of drug-likeness (QED) is 0.523. The summed E-state index contributed by atoms with van der Waals surface area (Å²) in [6.07, 6.45) is -4.46. The van der Waals surface area contributed by atoms with E-state index >= 15 is 0 Å². The molecule has 0 aliphatic carbocycles. The summed E-state index contributed by atoms with van der Waals surface area (Å²) in [4.78, 5) is 0. The first-order valence-corrected chi connectivity index (χ1v) is 5.97. The Morgan fingerprint density at radius 3 is 2.00 bits per heavy atom. The molecule has 19 heavy (non-hydrogen) atoms. The van der Waals surface area contributed by atoms with Crippen LogP contribution in [-0.4, -0.2) is 0 Å². The highest BCUT2D eigenvalue weighted by Crippen LogP contribution is 2.35. The maximum absolute atomic E-state index is 12.9. The molecule has 0 unspecified atom stereocenters. The van der Waals surface area contributed by atoms with Gasteiger partial charge in [-0.15, -0.1) is 11.6 Å². The van der Waals surface area contributed by atoms with Gasteiger partial charge in [0.2, 0.25) is 0 Å². The summed E-state index contributed by atoms with van der Waals surface area (Å²) in [5, 5.41) is 0. The van der Waals surface area contributed by atoms with E-state index in [1.807, 2.05) is 0 Å². The van der Waals surface area contributed by atoms with Gasteiger partial charge in [-0.25, -0.2) is 4.39 Å². The molecule has 2 rings (SSSR count). The second-order valence-electron chi connectivity index (χ2n) is 4.01. The fourth-order valence-electron chi connectivity index (χ4n) is 1.78. The Labute approximate surface area is 112 Å². The van der Waals surface area contributed by atoms with Crippen LogP contribution in [0.15, 0.2) is 42.5 Å². The average Bonchev–Trinajstić information content (AvgIpc) is 2.38. The minimum absolute atomic E-state index is 0.0278. The Kier molecular flexibility index (Phi) is 3.80. The third-order valence-corrected chi connectivity index (χ3v) is 3.02. The molecule has 0 nitrogen and oxygen atoms in total. The van der Waals surface area contributed by atoms with Crippen LogP contribution in [0.25, 0.3) is 11.1 Å². The molecule has 0 aliphatic rings. The molecule has 2 aromatic rings. The van der Waals surface area contributed by atoms with E-state index < -0.39 is 17.6 Å². The molecule has 2 aromatic carbocycles. The molecule has 0 saturated carbocycles. The van der Waals surface area contributed by atoms with Gasteiger partial charge in [0.25, 0.3) is 0 Å². The van der Waals surface area contributed by atoms with Gasteiger partial charge in [0.1, 0.15) is 5.82 Å². The molecule has 0 spiro atoms. The van der Waals surface area contributed by atoms with Gasteiger partial charge in [0.05, 0.1) is 5.56 Å². The van der Waals surface area contributed by atoms with E-state index in [0.29, 0.717) is 11.1 Å². The van der Waals surface area contributed by atoms with E-state index in [1.165, 1.54) is 30.3 Å². The van der Waals surface area contributed by atoms with Gasteiger partial charge in [-0.2, -0.15) is 13.2 Å². The van der Waals surface area contributed by atoms with Crippen molar-refractivity contribution in [1.82, 2.24) is 0 Å². The number of benzene rings is 2. The Hall–Kier alpha value is -1.55. The lowest BCUT2D eigenvalue weighted by molar-refractivity contribution is -0.138. The van der Waals surface area contributed by atoms with Crippen molar-refractivity contribution in [2.45, 2.75) is 12.1 Å². The summed E-state index contributed by atoms with van der Waals surface area (Å²) in [7, 11) is 0. The fourth-order valence-corrected chi connectivity index (χ4v) is 2.01. The molecule has 0 aliphatic heterocycles. The minimum Gasteiger partial charge on any atom is -0.207 e. The second kappa shape index (κ2) is 5.21. The van der Waals surface area contributed by atoms with Crippen molar-refractivity contribution in [3.63, 3.8) is 0 Å². The van der Waals surface area contributed by atoms with Crippen LogP contribution in [0.4, 0.5) is 17.6 Å². The lowest BCUT2D eigenvalue weighted by atomic mass is 9.99. The minimum atomic E-state index is -4.46. The van der Waals surface area contributed by atoms with Crippen LogP contribution in [0.1, 0.15) is 11.1 Å². The zero-order valence-electron chi connectivity index (χ0n) is 9.64. The monoisotopic (exact) mass is 288 g/mol. The second-order valence-corrected chi connectivity index (χ2v) is 4.28. The van der Waals surface area contributed by atoms with Crippen molar-refractivity contribution < 1.29 is 17.6 Å². The molecule has 0 amide bonds. The normalized spacial score (nSPS) is 11.6. The SMILES string of the molecule is Fc1ccc(-c2ccc(CCl)c(C(F)(F)F)c2)cc1. The predicted octanol–water partition coefficient (Wildman–Crippen LogP) is 5.25. The molecular formula is C14H9ClF4. The molecular weight excluding hydrogens is 280 g/mol. The summed E-state index contributed by atoms with van der Waals surface area (Å²) in [6, 6.07) is 9.20. The third-order valence-electron chi connectivity index (χ3n) is 2.74. The fraction of sp³-hybridized carbons (Fsp3) is 0.143. The van der Waals surface area contributed by atoms with Crippen LogP contribution >= 0.6 is 11.6 Å². The summed E-state index contributed by atoms with van der Waals surface area (Å²) >= 11 is 5.51. The highest BCUT2D eigenvalue weighted by molar-refractivity contribution is 6.17. The first-order chi connectivity index (χ1) is 8.91. The zero-order valence-corrected chi connectivity index (χ0v) is 10.4. The van der Waals surface area contributed by atoms with Gasteiger partial charge in [-0.05, 0) is 34.9 Å². The molecule has 0 bridgehead atoms. The Morgan fingerprint density at radius 2 is 1.47 bits per heavy atom. The lowest BCUT2D eigenvalue weighted by Gasteiger charge is -2.13.